The third-order valence-corrected chi connectivity index (χ3v) is 10.1. The molecule has 0 saturated carbocycles. The van der Waals surface area contributed by atoms with Crippen LogP contribution in [0.2, 0.25) is 5.02 Å². The molecule has 0 aliphatic rings. The van der Waals surface area contributed by atoms with Gasteiger partial charge < -0.3 is 13.4 Å². The van der Waals surface area contributed by atoms with E-state index in [-0.39, 0.29) is 0 Å². The summed E-state index contributed by atoms with van der Waals surface area (Å²) in [7, 11) is 0. The maximum atomic E-state index is 7.10. The molecule has 4 heterocycles. The molecule has 0 unspecified atom stereocenters. The highest BCUT2D eigenvalue weighted by Crippen LogP contribution is 2.47. The quantitative estimate of drug-likeness (QED) is 0.199. The van der Waals surface area contributed by atoms with E-state index in [0.717, 1.165) is 86.5 Å². The first-order valence-corrected chi connectivity index (χ1v) is 14.7. The Hall–Kier alpha value is -4.77. The van der Waals surface area contributed by atoms with Gasteiger partial charge in [-0.2, -0.15) is 0 Å². The molecule has 3 nitrogen and oxygen atoms in total. The minimum Gasteiger partial charge on any atom is -0.456 e. The van der Waals surface area contributed by atoms with Gasteiger partial charge in [0.15, 0.2) is 0 Å². The molecule has 0 fully saturated rings. The molecule has 4 aromatic heterocycles. The standard InChI is InChI=1S/C36H18ClNO2S/c37-25-18-19(17-24-34-31(41-36(24)25)16-15-30-33(34)23-9-3-6-12-29(23)39-30)38-26-10-4-1-8-22(26)32-27(38)14-13-21-20-7-2-5-11-28(20)40-35(21)32/h1-18H. The molecule has 41 heavy (non-hydrogen) atoms. The number of fused-ring (bicyclic) bond motifs is 14. The van der Waals surface area contributed by atoms with E-state index in [0.29, 0.717) is 0 Å². The highest BCUT2D eigenvalue weighted by Gasteiger charge is 2.21. The van der Waals surface area contributed by atoms with Gasteiger partial charge in [0.25, 0.3) is 0 Å². The Labute approximate surface area is 241 Å². The fourth-order valence-corrected chi connectivity index (χ4v) is 8.20. The smallest absolute Gasteiger partial charge is 0.145 e. The van der Waals surface area contributed by atoms with Gasteiger partial charge in [-0.15, -0.1) is 11.3 Å². The molecule has 5 heteroatoms. The van der Waals surface area contributed by atoms with Crippen LogP contribution < -0.4 is 0 Å². The first-order valence-electron chi connectivity index (χ1n) is 13.5. The van der Waals surface area contributed by atoms with E-state index in [9.17, 15) is 0 Å². The number of halogens is 1. The Morgan fingerprint density at radius 1 is 0.537 bits per heavy atom. The summed E-state index contributed by atoms with van der Waals surface area (Å²) < 4.78 is 17.3. The lowest BCUT2D eigenvalue weighted by molar-refractivity contribution is 0.669. The van der Waals surface area contributed by atoms with Crippen LogP contribution in [-0.2, 0) is 0 Å². The molecule has 10 aromatic rings. The lowest BCUT2D eigenvalue weighted by Gasteiger charge is -2.09. The number of aromatic nitrogens is 1. The zero-order valence-corrected chi connectivity index (χ0v) is 23.0. The Morgan fingerprint density at radius 2 is 1.29 bits per heavy atom. The molecule has 192 valence electrons. The van der Waals surface area contributed by atoms with Crippen molar-refractivity contribution in [3.63, 3.8) is 0 Å². The second-order valence-electron chi connectivity index (χ2n) is 10.6. The summed E-state index contributed by atoms with van der Waals surface area (Å²) in [6.45, 7) is 0. The van der Waals surface area contributed by atoms with Gasteiger partial charge in [0, 0.05) is 48.1 Å². The molecular formula is C36H18ClNO2S. The van der Waals surface area contributed by atoms with E-state index in [1.807, 2.05) is 24.3 Å². The van der Waals surface area contributed by atoms with Crippen molar-refractivity contribution in [2.24, 2.45) is 0 Å². The molecular weight excluding hydrogens is 546 g/mol. The van der Waals surface area contributed by atoms with E-state index in [4.69, 9.17) is 20.4 Å². The van der Waals surface area contributed by atoms with Crippen LogP contribution in [0.4, 0.5) is 0 Å². The number of para-hydroxylation sites is 3. The van der Waals surface area contributed by atoms with Crippen LogP contribution in [0.3, 0.4) is 0 Å². The molecule has 0 amide bonds. The molecule has 0 N–H and O–H groups in total. The van der Waals surface area contributed by atoms with Crippen LogP contribution in [-0.4, -0.2) is 4.57 Å². The van der Waals surface area contributed by atoms with Gasteiger partial charge in [0.1, 0.15) is 22.3 Å². The van der Waals surface area contributed by atoms with Gasteiger partial charge in [0.05, 0.1) is 26.1 Å². The monoisotopic (exact) mass is 563 g/mol. The van der Waals surface area contributed by atoms with E-state index < -0.39 is 0 Å². The van der Waals surface area contributed by atoms with Crippen molar-refractivity contribution < 1.29 is 8.83 Å². The minimum absolute atomic E-state index is 0.746. The summed E-state index contributed by atoms with van der Waals surface area (Å²) in [5.74, 6) is 0. The molecule has 6 aromatic carbocycles. The van der Waals surface area contributed by atoms with E-state index in [1.54, 1.807) is 11.3 Å². The number of hydrogen-bond acceptors (Lipinski definition) is 3. The molecule has 10 rings (SSSR count). The normalized spacial score (nSPS) is 12.5. The highest BCUT2D eigenvalue weighted by molar-refractivity contribution is 7.26. The molecule has 0 saturated heterocycles. The van der Waals surface area contributed by atoms with E-state index in [1.165, 1.54) is 10.1 Å². The van der Waals surface area contributed by atoms with Crippen LogP contribution in [0.25, 0.3) is 91.5 Å². The number of benzene rings is 6. The summed E-state index contributed by atoms with van der Waals surface area (Å²) in [5, 5.41) is 9.87. The maximum absolute atomic E-state index is 7.10. The maximum Gasteiger partial charge on any atom is 0.145 e. The lowest BCUT2D eigenvalue weighted by atomic mass is 10.0. The molecule has 0 aliphatic carbocycles. The Bertz CT molecular complexity index is 2720. The van der Waals surface area contributed by atoms with Gasteiger partial charge in [0.2, 0.25) is 0 Å². The van der Waals surface area contributed by atoms with Crippen molar-refractivity contribution in [1.82, 2.24) is 4.57 Å². The number of thiophene rings is 1. The van der Waals surface area contributed by atoms with Gasteiger partial charge in [-0.1, -0.05) is 66.2 Å². The Morgan fingerprint density at radius 3 is 2.17 bits per heavy atom. The summed E-state index contributed by atoms with van der Waals surface area (Å²) in [4.78, 5) is 0. The molecule has 0 spiro atoms. The summed E-state index contributed by atoms with van der Waals surface area (Å²) >= 11 is 8.83. The van der Waals surface area contributed by atoms with Gasteiger partial charge in [-0.05, 0) is 54.6 Å². The first kappa shape index (κ1) is 22.0. The van der Waals surface area contributed by atoms with Crippen molar-refractivity contribution in [2.75, 3.05) is 0 Å². The topological polar surface area (TPSA) is 31.2 Å². The Balaban J connectivity index is 1.37. The van der Waals surface area contributed by atoms with Crippen molar-refractivity contribution in [3.8, 4) is 5.69 Å². The van der Waals surface area contributed by atoms with Crippen LogP contribution in [0.5, 0.6) is 0 Å². The molecule has 0 bridgehead atoms. The number of hydrogen-bond donors (Lipinski definition) is 0. The van der Waals surface area contributed by atoms with Gasteiger partial charge in [-0.3, -0.25) is 0 Å². The van der Waals surface area contributed by atoms with E-state index in [2.05, 4.69) is 89.5 Å². The largest absolute Gasteiger partial charge is 0.456 e. The summed E-state index contributed by atoms with van der Waals surface area (Å²) in [6.07, 6.45) is 0. The highest BCUT2D eigenvalue weighted by atomic mass is 35.5. The van der Waals surface area contributed by atoms with Crippen LogP contribution in [0.1, 0.15) is 0 Å². The fourth-order valence-electron chi connectivity index (χ4n) is 6.77. The van der Waals surface area contributed by atoms with Gasteiger partial charge >= 0.3 is 0 Å². The van der Waals surface area contributed by atoms with Crippen molar-refractivity contribution in [3.05, 3.63) is 114 Å². The first-order chi connectivity index (χ1) is 20.2. The number of nitrogens with zero attached hydrogens (tertiary/aromatic N) is 1. The van der Waals surface area contributed by atoms with Crippen molar-refractivity contribution in [2.45, 2.75) is 0 Å². The second kappa shape index (κ2) is 7.70. The average molecular weight is 564 g/mol. The summed E-state index contributed by atoms with van der Waals surface area (Å²) in [6, 6.07) is 38.1. The van der Waals surface area contributed by atoms with Gasteiger partial charge in [-0.25, -0.2) is 0 Å². The van der Waals surface area contributed by atoms with Crippen LogP contribution in [0, 0.1) is 0 Å². The SMILES string of the molecule is Clc1cc(-n2c3ccccc3c3c4oc5ccccc5c4ccc32)cc2c1sc1ccc3oc4ccccc4c3c12. The fraction of sp³-hybridized carbons (Fsp3) is 0. The van der Waals surface area contributed by atoms with Crippen LogP contribution >= 0.6 is 22.9 Å². The molecule has 0 radical (unpaired) electrons. The zero-order chi connectivity index (χ0) is 26.8. The minimum atomic E-state index is 0.746. The molecule has 0 atom stereocenters. The zero-order valence-electron chi connectivity index (χ0n) is 21.4. The summed E-state index contributed by atoms with van der Waals surface area (Å²) in [5.41, 5.74) is 6.83. The number of rotatable bonds is 1. The van der Waals surface area contributed by atoms with Crippen molar-refractivity contribution >= 4 is 109 Å². The average Bonchev–Trinajstić information content (AvgIpc) is 3.75. The third-order valence-electron chi connectivity index (χ3n) is 8.45. The van der Waals surface area contributed by atoms with E-state index >= 15 is 0 Å². The Kier molecular flexibility index (Phi) is 4.13. The predicted molar refractivity (Wildman–Crippen MR) is 173 cm³/mol. The lowest BCUT2D eigenvalue weighted by Crippen LogP contribution is -1.93. The second-order valence-corrected chi connectivity index (χ2v) is 12.1. The number of furan rings is 2. The van der Waals surface area contributed by atoms with Crippen molar-refractivity contribution in [1.29, 1.82) is 0 Å². The third kappa shape index (κ3) is 2.78. The van der Waals surface area contributed by atoms with Crippen LogP contribution in [0.15, 0.2) is 118 Å². The molecule has 0 aliphatic heterocycles. The predicted octanol–water partition coefficient (Wildman–Crippen LogP) is 11.6.